The minimum Gasteiger partial charge on any atom is -0.394 e. The molecule has 0 aliphatic carbocycles. The summed E-state index contributed by atoms with van der Waals surface area (Å²) >= 11 is 5.97. The number of aryl methyl sites for hydroxylation is 1. The third kappa shape index (κ3) is 3.22. The molecule has 0 fully saturated rings. The summed E-state index contributed by atoms with van der Waals surface area (Å²) in [6, 6.07) is 5.05. The average molecular weight is 242 g/mol. The van der Waals surface area contributed by atoms with E-state index < -0.39 is 0 Å². The molecule has 4 heteroatoms. The van der Waals surface area contributed by atoms with Gasteiger partial charge in [0.1, 0.15) is 0 Å². The summed E-state index contributed by atoms with van der Waals surface area (Å²) in [5.74, 6) is -0.245. The van der Waals surface area contributed by atoms with Gasteiger partial charge in [-0.1, -0.05) is 24.6 Å². The van der Waals surface area contributed by atoms with Crippen molar-refractivity contribution in [1.29, 1.82) is 0 Å². The smallest absolute Gasteiger partial charge is 0.253 e. The van der Waals surface area contributed by atoms with Gasteiger partial charge in [0.15, 0.2) is 0 Å². The molecule has 1 aromatic rings. The Bertz CT molecular complexity index is 375. The monoisotopic (exact) mass is 241 g/mol. The number of benzene rings is 1. The summed E-state index contributed by atoms with van der Waals surface area (Å²) in [7, 11) is 0. The Balaban J connectivity index is 2.80. The summed E-state index contributed by atoms with van der Waals surface area (Å²) in [6.07, 6.45) is 0.686. The van der Waals surface area contributed by atoms with Gasteiger partial charge in [0.05, 0.1) is 23.2 Å². The molecule has 0 bridgehead atoms. The first-order valence-electron chi connectivity index (χ1n) is 5.26. The number of hydrogen-bond donors (Lipinski definition) is 2. The number of carbonyl (C=O) groups excluding carboxylic acids is 1. The number of amides is 1. The Morgan fingerprint density at radius 3 is 2.75 bits per heavy atom. The first kappa shape index (κ1) is 13.0. The van der Waals surface area contributed by atoms with Crippen LogP contribution in [0.5, 0.6) is 0 Å². The van der Waals surface area contributed by atoms with Crippen LogP contribution in [-0.4, -0.2) is 23.7 Å². The lowest BCUT2D eigenvalue weighted by Gasteiger charge is -2.14. The zero-order chi connectivity index (χ0) is 12.1. The molecule has 0 spiro atoms. The van der Waals surface area contributed by atoms with E-state index in [-0.39, 0.29) is 18.6 Å². The van der Waals surface area contributed by atoms with Crippen molar-refractivity contribution < 1.29 is 9.90 Å². The quantitative estimate of drug-likeness (QED) is 0.849. The summed E-state index contributed by atoms with van der Waals surface area (Å²) in [5, 5.41) is 12.1. The molecule has 0 saturated carbocycles. The highest BCUT2D eigenvalue weighted by Gasteiger charge is 2.13. The fourth-order valence-corrected chi connectivity index (χ4v) is 1.67. The van der Waals surface area contributed by atoms with Gasteiger partial charge in [0.2, 0.25) is 0 Å². The molecule has 0 heterocycles. The number of carbonyl (C=O) groups is 1. The van der Waals surface area contributed by atoms with Crippen LogP contribution in [0.1, 0.15) is 29.3 Å². The summed E-state index contributed by atoms with van der Waals surface area (Å²) in [5.41, 5.74) is 1.45. The van der Waals surface area contributed by atoms with Crippen LogP contribution in [0, 0.1) is 6.92 Å². The molecule has 0 unspecified atom stereocenters. The average Bonchev–Trinajstić information content (AvgIpc) is 2.25. The van der Waals surface area contributed by atoms with Gasteiger partial charge in [-0.05, 0) is 31.0 Å². The van der Waals surface area contributed by atoms with Crippen LogP contribution >= 0.6 is 11.6 Å². The topological polar surface area (TPSA) is 49.3 Å². The van der Waals surface area contributed by atoms with Crippen molar-refractivity contribution in [1.82, 2.24) is 5.32 Å². The molecular weight excluding hydrogens is 226 g/mol. The highest BCUT2D eigenvalue weighted by atomic mass is 35.5. The van der Waals surface area contributed by atoms with E-state index in [0.717, 1.165) is 5.56 Å². The second kappa shape index (κ2) is 5.87. The third-order valence-electron chi connectivity index (χ3n) is 2.42. The van der Waals surface area contributed by atoms with Gasteiger partial charge >= 0.3 is 0 Å². The van der Waals surface area contributed by atoms with Gasteiger partial charge in [-0.2, -0.15) is 0 Å². The van der Waals surface area contributed by atoms with Crippen molar-refractivity contribution >= 4 is 17.5 Å². The molecule has 1 rings (SSSR count). The molecule has 88 valence electrons. The fourth-order valence-electron chi connectivity index (χ4n) is 1.34. The van der Waals surface area contributed by atoms with Crippen LogP contribution in [0.25, 0.3) is 0 Å². The lowest BCUT2D eigenvalue weighted by atomic mass is 10.1. The van der Waals surface area contributed by atoms with Crippen LogP contribution in [-0.2, 0) is 0 Å². The van der Waals surface area contributed by atoms with E-state index in [9.17, 15) is 4.79 Å². The molecule has 1 atom stereocenters. The second-order valence-corrected chi connectivity index (χ2v) is 4.15. The van der Waals surface area contributed by atoms with Crippen LogP contribution in [0.2, 0.25) is 5.02 Å². The van der Waals surface area contributed by atoms with E-state index in [0.29, 0.717) is 17.0 Å². The Hall–Kier alpha value is -1.06. The van der Waals surface area contributed by atoms with E-state index in [2.05, 4.69) is 5.32 Å². The number of aliphatic hydroxyl groups excluding tert-OH is 1. The first-order valence-corrected chi connectivity index (χ1v) is 5.64. The van der Waals surface area contributed by atoms with Gasteiger partial charge in [-0.15, -0.1) is 0 Å². The molecule has 2 N–H and O–H groups in total. The first-order chi connectivity index (χ1) is 7.58. The summed E-state index contributed by atoms with van der Waals surface area (Å²) < 4.78 is 0. The third-order valence-corrected chi connectivity index (χ3v) is 2.73. The summed E-state index contributed by atoms with van der Waals surface area (Å²) in [6.45, 7) is 3.75. The predicted octanol–water partition coefficient (Wildman–Crippen LogP) is 2.15. The van der Waals surface area contributed by atoms with E-state index in [1.54, 1.807) is 12.1 Å². The van der Waals surface area contributed by atoms with Gasteiger partial charge in [0.25, 0.3) is 5.91 Å². The molecule has 16 heavy (non-hydrogen) atoms. The number of aliphatic hydroxyl groups is 1. The maximum absolute atomic E-state index is 11.8. The van der Waals surface area contributed by atoms with Crippen LogP contribution in [0.4, 0.5) is 0 Å². The Labute approximate surface area is 100 Å². The van der Waals surface area contributed by atoms with E-state index in [1.165, 1.54) is 0 Å². The number of hydrogen-bond acceptors (Lipinski definition) is 2. The van der Waals surface area contributed by atoms with Gasteiger partial charge in [-0.3, -0.25) is 4.79 Å². The van der Waals surface area contributed by atoms with E-state index >= 15 is 0 Å². The van der Waals surface area contributed by atoms with Crippen molar-refractivity contribution in [3.8, 4) is 0 Å². The van der Waals surface area contributed by atoms with Crippen LogP contribution in [0.15, 0.2) is 18.2 Å². The predicted molar refractivity (Wildman–Crippen MR) is 64.8 cm³/mol. The summed E-state index contributed by atoms with van der Waals surface area (Å²) in [4.78, 5) is 11.8. The second-order valence-electron chi connectivity index (χ2n) is 3.74. The van der Waals surface area contributed by atoms with Crippen molar-refractivity contribution in [2.24, 2.45) is 0 Å². The number of rotatable bonds is 4. The van der Waals surface area contributed by atoms with Crippen molar-refractivity contribution in [3.05, 3.63) is 34.3 Å². The van der Waals surface area contributed by atoms with Gasteiger partial charge in [-0.25, -0.2) is 0 Å². The largest absolute Gasteiger partial charge is 0.394 e. The minimum absolute atomic E-state index is 0.0638. The Morgan fingerprint density at radius 1 is 1.56 bits per heavy atom. The lowest BCUT2D eigenvalue weighted by molar-refractivity contribution is 0.0915. The molecule has 0 saturated heterocycles. The zero-order valence-electron chi connectivity index (χ0n) is 9.46. The van der Waals surface area contributed by atoms with E-state index in [4.69, 9.17) is 16.7 Å². The number of halogens is 1. The highest BCUT2D eigenvalue weighted by molar-refractivity contribution is 6.33. The standard InChI is InChI=1S/C12H16ClNO2/c1-3-9(7-15)14-12(16)10-5-4-8(2)6-11(10)13/h4-6,9,15H,3,7H2,1-2H3,(H,14,16)/t9-/m1/s1. The maximum Gasteiger partial charge on any atom is 0.253 e. The molecule has 1 aromatic carbocycles. The maximum atomic E-state index is 11.8. The minimum atomic E-state index is -0.245. The SMILES string of the molecule is CC[C@H](CO)NC(=O)c1ccc(C)cc1Cl. The van der Waals surface area contributed by atoms with Crippen molar-refractivity contribution in [2.75, 3.05) is 6.61 Å². The molecule has 1 amide bonds. The molecular formula is C12H16ClNO2. The molecule has 0 aliphatic heterocycles. The lowest BCUT2D eigenvalue weighted by Crippen LogP contribution is -2.37. The highest BCUT2D eigenvalue weighted by Crippen LogP contribution is 2.17. The normalized spacial score (nSPS) is 12.2. The molecule has 0 radical (unpaired) electrons. The molecule has 3 nitrogen and oxygen atoms in total. The van der Waals surface area contributed by atoms with Crippen molar-refractivity contribution in [2.45, 2.75) is 26.3 Å². The van der Waals surface area contributed by atoms with Crippen LogP contribution < -0.4 is 5.32 Å². The molecule has 0 aromatic heterocycles. The Kier molecular flexibility index (Phi) is 4.77. The van der Waals surface area contributed by atoms with Crippen LogP contribution in [0.3, 0.4) is 0 Å². The van der Waals surface area contributed by atoms with Gasteiger partial charge in [0, 0.05) is 0 Å². The van der Waals surface area contributed by atoms with Crippen molar-refractivity contribution in [3.63, 3.8) is 0 Å². The van der Waals surface area contributed by atoms with E-state index in [1.807, 2.05) is 19.9 Å². The Morgan fingerprint density at radius 2 is 2.25 bits per heavy atom. The molecule has 0 aliphatic rings. The van der Waals surface area contributed by atoms with Gasteiger partial charge < -0.3 is 10.4 Å². The zero-order valence-corrected chi connectivity index (χ0v) is 10.2. The fraction of sp³-hybridized carbons (Fsp3) is 0.417. The number of nitrogens with one attached hydrogen (secondary N) is 1.